The molecule has 1 amide bonds. The topological polar surface area (TPSA) is 84.2 Å². The van der Waals surface area contributed by atoms with Gasteiger partial charge in [0.15, 0.2) is 5.82 Å². The summed E-state index contributed by atoms with van der Waals surface area (Å²) in [6.45, 7) is 1.76. The zero-order valence-corrected chi connectivity index (χ0v) is 11.1. The summed E-state index contributed by atoms with van der Waals surface area (Å²) in [5, 5.41) is 15.2. The van der Waals surface area contributed by atoms with E-state index in [0.717, 1.165) is 9.75 Å². The van der Waals surface area contributed by atoms with E-state index in [2.05, 4.69) is 10.4 Å². The molecule has 0 saturated heterocycles. The van der Waals surface area contributed by atoms with E-state index in [1.165, 1.54) is 10.9 Å². The highest BCUT2D eigenvalue weighted by Gasteiger charge is 2.08. The summed E-state index contributed by atoms with van der Waals surface area (Å²) in [7, 11) is 0. The third-order valence-electron chi connectivity index (χ3n) is 2.34. The minimum absolute atomic E-state index is 0.164. The van der Waals surface area contributed by atoms with Crippen LogP contribution in [0.4, 0.5) is 5.82 Å². The molecule has 0 bridgehead atoms. The van der Waals surface area contributed by atoms with Gasteiger partial charge in [0.1, 0.15) is 6.54 Å². The molecule has 0 aliphatic carbocycles. The number of carbonyl (C=O) groups excluding carboxylic acids is 1. The highest BCUT2D eigenvalue weighted by Crippen LogP contribution is 2.16. The first-order chi connectivity index (χ1) is 9.02. The van der Waals surface area contributed by atoms with Gasteiger partial charge in [-0.25, -0.2) is 0 Å². The number of hydrogen-bond acceptors (Lipinski definition) is 4. The van der Waals surface area contributed by atoms with E-state index in [1.807, 2.05) is 19.1 Å². The lowest BCUT2D eigenvalue weighted by molar-refractivity contribution is -0.137. The molecule has 2 heterocycles. The van der Waals surface area contributed by atoms with Gasteiger partial charge in [0, 0.05) is 22.0 Å². The summed E-state index contributed by atoms with van der Waals surface area (Å²) in [6.07, 6.45) is 1.81. The number of aliphatic carboxylic acids is 1. The van der Waals surface area contributed by atoms with E-state index in [9.17, 15) is 9.59 Å². The summed E-state index contributed by atoms with van der Waals surface area (Å²) in [5.41, 5.74) is 0. The van der Waals surface area contributed by atoms with Crippen molar-refractivity contribution in [3.63, 3.8) is 0 Å². The molecule has 19 heavy (non-hydrogen) atoms. The maximum Gasteiger partial charge on any atom is 0.325 e. The van der Waals surface area contributed by atoms with Crippen LogP contribution >= 0.6 is 11.3 Å². The molecule has 2 rings (SSSR count). The lowest BCUT2D eigenvalue weighted by Crippen LogP contribution is -2.15. The fraction of sp³-hybridized carbons (Fsp3) is 0.250. The molecule has 2 N–H and O–H groups in total. The van der Waals surface area contributed by atoms with Crippen molar-refractivity contribution in [2.75, 3.05) is 5.32 Å². The van der Waals surface area contributed by atoms with Crippen molar-refractivity contribution in [2.45, 2.75) is 19.9 Å². The second-order valence-corrected chi connectivity index (χ2v) is 5.40. The first-order valence-corrected chi connectivity index (χ1v) is 6.45. The van der Waals surface area contributed by atoms with Crippen LogP contribution in [0.5, 0.6) is 0 Å². The van der Waals surface area contributed by atoms with Gasteiger partial charge in [0.2, 0.25) is 5.91 Å². The van der Waals surface area contributed by atoms with Crippen LogP contribution in [0, 0.1) is 6.92 Å². The molecular formula is C12H13N3O3S. The Kier molecular flexibility index (Phi) is 3.96. The third kappa shape index (κ3) is 3.92. The number of carboxylic acids is 1. The predicted molar refractivity (Wildman–Crippen MR) is 71.3 cm³/mol. The second kappa shape index (κ2) is 5.66. The van der Waals surface area contributed by atoms with Crippen molar-refractivity contribution >= 4 is 29.0 Å². The SMILES string of the molecule is Cc1ccc(CC(=O)Nc2ccn(CC(=O)O)n2)s1. The van der Waals surface area contributed by atoms with Crippen LogP contribution in [0.1, 0.15) is 9.75 Å². The maximum atomic E-state index is 11.8. The van der Waals surface area contributed by atoms with Crippen LogP contribution < -0.4 is 5.32 Å². The number of aryl methyl sites for hydroxylation is 1. The Labute approximate surface area is 113 Å². The second-order valence-electron chi connectivity index (χ2n) is 4.03. The molecule has 0 saturated carbocycles. The number of anilines is 1. The van der Waals surface area contributed by atoms with Crippen LogP contribution in [0.2, 0.25) is 0 Å². The van der Waals surface area contributed by atoms with Crippen LogP contribution in [0.25, 0.3) is 0 Å². The van der Waals surface area contributed by atoms with E-state index in [4.69, 9.17) is 5.11 Å². The Bertz CT molecular complexity index is 603. The quantitative estimate of drug-likeness (QED) is 0.869. The smallest absolute Gasteiger partial charge is 0.325 e. The molecule has 0 aliphatic heterocycles. The number of carbonyl (C=O) groups is 2. The molecule has 2 aromatic heterocycles. The molecular weight excluding hydrogens is 266 g/mol. The lowest BCUT2D eigenvalue weighted by atomic mass is 10.3. The van der Waals surface area contributed by atoms with Crippen LogP contribution in [-0.2, 0) is 22.6 Å². The fourth-order valence-electron chi connectivity index (χ4n) is 1.58. The minimum Gasteiger partial charge on any atom is -0.480 e. The van der Waals surface area contributed by atoms with Crippen molar-refractivity contribution in [3.8, 4) is 0 Å². The summed E-state index contributed by atoms with van der Waals surface area (Å²) < 4.78 is 1.26. The van der Waals surface area contributed by atoms with Crippen LogP contribution in [0.15, 0.2) is 24.4 Å². The standard InChI is InChI=1S/C12H13N3O3S/c1-8-2-3-9(19-8)6-11(16)13-10-4-5-15(14-10)7-12(17)18/h2-5H,6-7H2,1H3,(H,17,18)(H,13,14,16). The zero-order chi connectivity index (χ0) is 13.8. The number of carboxylic acid groups (broad SMARTS) is 1. The Hall–Kier alpha value is -2.15. The van der Waals surface area contributed by atoms with Crippen molar-refractivity contribution in [1.29, 1.82) is 0 Å². The number of nitrogens with one attached hydrogen (secondary N) is 1. The molecule has 100 valence electrons. The number of rotatable bonds is 5. The molecule has 0 radical (unpaired) electrons. The first kappa shape index (κ1) is 13.3. The molecule has 0 spiro atoms. The Morgan fingerprint density at radius 1 is 1.42 bits per heavy atom. The molecule has 7 heteroatoms. The summed E-state index contributed by atoms with van der Waals surface area (Å²) in [4.78, 5) is 24.4. The van der Waals surface area contributed by atoms with Crippen LogP contribution in [0.3, 0.4) is 0 Å². The van der Waals surface area contributed by atoms with Gasteiger partial charge in [-0.3, -0.25) is 14.3 Å². The molecule has 2 aromatic rings. The minimum atomic E-state index is -0.977. The monoisotopic (exact) mass is 279 g/mol. The molecule has 0 unspecified atom stereocenters. The average Bonchev–Trinajstić information content (AvgIpc) is 2.88. The summed E-state index contributed by atoms with van der Waals surface area (Å²) in [5.74, 6) is -0.781. The predicted octanol–water partition coefficient (Wildman–Crippen LogP) is 1.52. The molecule has 0 aromatic carbocycles. The van der Waals surface area contributed by atoms with E-state index < -0.39 is 5.97 Å². The normalized spacial score (nSPS) is 10.4. The van der Waals surface area contributed by atoms with Crippen molar-refractivity contribution in [3.05, 3.63) is 34.2 Å². The first-order valence-electron chi connectivity index (χ1n) is 5.63. The highest BCUT2D eigenvalue weighted by molar-refractivity contribution is 7.12. The van der Waals surface area contributed by atoms with Gasteiger partial charge >= 0.3 is 5.97 Å². The summed E-state index contributed by atoms with van der Waals surface area (Å²) >= 11 is 1.58. The summed E-state index contributed by atoms with van der Waals surface area (Å²) in [6, 6.07) is 5.46. The van der Waals surface area contributed by atoms with Gasteiger partial charge in [-0.05, 0) is 19.1 Å². The van der Waals surface area contributed by atoms with E-state index in [0.29, 0.717) is 12.2 Å². The van der Waals surface area contributed by atoms with E-state index in [1.54, 1.807) is 17.4 Å². The number of thiophene rings is 1. The molecule has 0 fully saturated rings. The Morgan fingerprint density at radius 3 is 2.84 bits per heavy atom. The van der Waals surface area contributed by atoms with Gasteiger partial charge in [-0.1, -0.05) is 0 Å². The Morgan fingerprint density at radius 2 is 2.21 bits per heavy atom. The molecule has 6 nitrogen and oxygen atoms in total. The van der Waals surface area contributed by atoms with Gasteiger partial charge in [-0.15, -0.1) is 11.3 Å². The van der Waals surface area contributed by atoms with E-state index >= 15 is 0 Å². The van der Waals surface area contributed by atoms with E-state index in [-0.39, 0.29) is 12.5 Å². The van der Waals surface area contributed by atoms with Gasteiger partial charge in [0.05, 0.1) is 6.42 Å². The number of hydrogen-bond donors (Lipinski definition) is 2. The van der Waals surface area contributed by atoms with Crippen LogP contribution in [-0.4, -0.2) is 26.8 Å². The van der Waals surface area contributed by atoms with Crippen molar-refractivity contribution in [2.24, 2.45) is 0 Å². The molecule has 0 aliphatic rings. The fourth-order valence-corrected chi connectivity index (χ4v) is 2.47. The number of nitrogens with zero attached hydrogens (tertiary/aromatic N) is 2. The highest BCUT2D eigenvalue weighted by atomic mass is 32.1. The van der Waals surface area contributed by atoms with Crippen molar-refractivity contribution < 1.29 is 14.7 Å². The lowest BCUT2D eigenvalue weighted by Gasteiger charge is -2.00. The maximum absolute atomic E-state index is 11.8. The Balaban J connectivity index is 1.91. The number of aromatic nitrogens is 2. The van der Waals surface area contributed by atoms with Gasteiger partial charge in [-0.2, -0.15) is 5.10 Å². The number of amides is 1. The average molecular weight is 279 g/mol. The van der Waals surface area contributed by atoms with Gasteiger partial charge < -0.3 is 10.4 Å². The molecule has 0 atom stereocenters. The largest absolute Gasteiger partial charge is 0.480 e. The van der Waals surface area contributed by atoms with Crippen molar-refractivity contribution in [1.82, 2.24) is 9.78 Å². The zero-order valence-electron chi connectivity index (χ0n) is 10.3. The third-order valence-corrected chi connectivity index (χ3v) is 3.34. The van der Waals surface area contributed by atoms with Gasteiger partial charge in [0.25, 0.3) is 0 Å².